The van der Waals surface area contributed by atoms with Crippen molar-refractivity contribution >= 4 is 0 Å². The predicted molar refractivity (Wildman–Crippen MR) is 90.2 cm³/mol. The Kier molecular flexibility index (Phi) is 6.10. The van der Waals surface area contributed by atoms with Gasteiger partial charge in [0.1, 0.15) is 0 Å². The van der Waals surface area contributed by atoms with E-state index in [0.29, 0.717) is 10.8 Å². The smallest absolute Gasteiger partial charge is 0.00967 e. The lowest BCUT2D eigenvalue weighted by atomic mass is 9.81. The quantitative estimate of drug-likeness (QED) is 0.749. The Bertz CT molecular complexity index is 288. The topological polar surface area (TPSA) is 15.3 Å². The lowest BCUT2D eigenvalue weighted by molar-refractivity contribution is 0.150. The molecule has 0 spiro atoms. The minimum atomic E-state index is 0.220. The molecule has 1 aliphatic heterocycles. The summed E-state index contributed by atoms with van der Waals surface area (Å²) in [7, 11) is 0. The van der Waals surface area contributed by atoms with Gasteiger partial charge in [0.05, 0.1) is 0 Å². The van der Waals surface area contributed by atoms with E-state index in [1.165, 1.54) is 45.3 Å². The Morgan fingerprint density at radius 3 is 2.05 bits per heavy atom. The number of rotatable bonds is 7. The average Bonchev–Trinajstić information content (AvgIpc) is 2.80. The molecule has 1 atom stereocenters. The van der Waals surface area contributed by atoms with Crippen LogP contribution in [-0.2, 0) is 0 Å². The van der Waals surface area contributed by atoms with Crippen LogP contribution in [0.25, 0.3) is 0 Å². The van der Waals surface area contributed by atoms with E-state index in [1.54, 1.807) is 0 Å². The van der Waals surface area contributed by atoms with Crippen molar-refractivity contribution in [3.63, 3.8) is 0 Å². The van der Waals surface area contributed by atoms with Gasteiger partial charge in [0.15, 0.2) is 0 Å². The zero-order valence-electron chi connectivity index (χ0n) is 15.1. The molecule has 1 N–H and O–H groups in total. The van der Waals surface area contributed by atoms with Gasteiger partial charge < -0.3 is 10.2 Å². The average molecular weight is 283 g/mol. The summed E-state index contributed by atoms with van der Waals surface area (Å²) in [5.74, 6) is 0. The van der Waals surface area contributed by atoms with E-state index < -0.39 is 0 Å². The van der Waals surface area contributed by atoms with Gasteiger partial charge in [-0.2, -0.15) is 0 Å². The minimum Gasteiger partial charge on any atom is -0.311 e. The molecule has 1 unspecified atom stereocenters. The molecule has 1 aliphatic rings. The zero-order chi connectivity index (χ0) is 15.4. The Morgan fingerprint density at radius 2 is 1.65 bits per heavy atom. The molecule has 2 nitrogen and oxygen atoms in total. The van der Waals surface area contributed by atoms with Crippen LogP contribution < -0.4 is 5.32 Å². The predicted octanol–water partition coefficient (Wildman–Crippen LogP) is 4.30. The van der Waals surface area contributed by atoms with Crippen LogP contribution in [0.2, 0.25) is 0 Å². The second-order valence-corrected chi connectivity index (χ2v) is 8.44. The van der Waals surface area contributed by atoms with E-state index in [-0.39, 0.29) is 5.54 Å². The molecule has 0 aromatic carbocycles. The number of hydrogen-bond acceptors (Lipinski definition) is 2. The fraction of sp³-hybridized carbons (Fsp3) is 1.00. The number of nitrogens with zero attached hydrogens (tertiary/aromatic N) is 1. The fourth-order valence-electron chi connectivity index (χ4n) is 3.30. The van der Waals surface area contributed by atoms with Crippen molar-refractivity contribution in [2.75, 3.05) is 26.2 Å². The largest absolute Gasteiger partial charge is 0.311 e. The normalized spacial score (nSPS) is 22.9. The number of hydrogen-bond donors (Lipinski definition) is 1. The second-order valence-electron chi connectivity index (χ2n) is 8.44. The Labute approximate surface area is 127 Å². The third kappa shape index (κ3) is 5.04. The van der Waals surface area contributed by atoms with Crippen LogP contribution in [-0.4, -0.2) is 36.6 Å². The van der Waals surface area contributed by atoms with E-state index in [1.807, 2.05) is 0 Å². The minimum absolute atomic E-state index is 0.220. The van der Waals surface area contributed by atoms with Crippen LogP contribution in [0.5, 0.6) is 0 Å². The first kappa shape index (κ1) is 18.0. The van der Waals surface area contributed by atoms with Crippen LogP contribution in [0.1, 0.15) is 74.1 Å². The van der Waals surface area contributed by atoms with E-state index >= 15 is 0 Å². The van der Waals surface area contributed by atoms with Gasteiger partial charge in [-0.1, -0.05) is 27.7 Å². The van der Waals surface area contributed by atoms with Crippen LogP contribution in [0.4, 0.5) is 0 Å². The molecule has 0 aromatic heterocycles. The Balaban J connectivity index is 2.56. The molecule has 0 radical (unpaired) electrons. The molecule has 0 amide bonds. The molecule has 0 aromatic rings. The molecule has 1 fully saturated rings. The monoisotopic (exact) mass is 282 g/mol. The molecule has 2 heteroatoms. The Morgan fingerprint density at radius 1 is 1.05 bits per heavy atom. The van der Waals surface area contributed by atoms with Crippen molar-refractivity contribution < 1.29 is 0 Å². The zero-order valence-corrected chi connectivity index (χ0v) is 15.1. The highest BCUT2D eigenvalue weighted by Crippen LogP contribution is 2.38. The highest BCUT2D eigenvalue weighted by atomic mass is 15.2. The molecule has 120 valence electrons. The first-order valence-electron chi connectivity index (χ1n) is 8.65. The van der Waals surface area contributed by atoms with E-state index in [2.05, 4.69) is 58.7 Å². The number of nitrogens with one attached hydrogen (secondary N) is 1. The summed E-state index contributed by atoms with van der Waals surface area (Å²) in [6, 6.07) is 0. The van der Waals surface area contributed by atoms with Crippen LogP contribution >= 0.6 is 0 Å². The highest BCUT2D eigenvalue weighted by Gasteiger charge is 2.37. The van der Waals surface area contributed by atoms with Crippen molar-refractivity contribution in [3.8, 4) is 0 Å². The summed E-state index contributed by atoms with van der Waals surface area (Å²) >= 11 is 0. The van der Waals surface area contributed by atoms with Gasteiger partial charge in [-0.3, -0.25) is 0 Å². The van der Waals surface area contributed by atoms with Crippen LogP contribution in [0, 0.1) is 10.8 Å². The summed E-state index contributed by atoms with van der Waals surface area (Å²) in [6.07, 6.45) is 5.32. The lowest BCUT2D eigenvalue weighted by Crippen LogP contribution is -2.47. The van der Waals surface area contributed by atoms with Crippen molar-refractivity contribution in [2.45, 2.75) is 79.7 Å². The maximum Gasteiger partial charge on any atom is 0.00967 e. The van der Waals surface area contributed by atoms with Gasteiger partial charge in [-0.05, 0) is 63.8 Å². The first-order chi connectivity index (χ1) is 9.17. The van der Waals surface area contributed by atoms with Crippen LogP contribution in [0.15, 0.2) is 0 Å². The maximum absolute atomic E-state index is 3.71. The van der Waals surface area contributed by atoms with E-state index in [0.717, 1.165) is 6.54 Å². The summed E-state index contributed by atoms with van der Waals surface area (Å²) < 4.78 is 0. The molecule has 0 saturated carbocycles. The molecule has 0 bridgehead atoms. The van der Waals surface area contributed by atoms with Gasteiger partial charge in [0.25, 0.3) is 0 Å². The van der Waals surface area contributed by atoms with Gasteiger partial charge in [0.2, 0.25) is 0 Å². The first-order valence-corrected chi connectivity index (χ1v) is 8.65. The molecule has 1 rings (SSSR count). The summed E-state index contributed by atoms with van der Waals surface area (Å²) in [5.41, 5.74) is 1.22. The van der Waals surface area contributed by atoms with Crippen molar-refractivity contribution in [1.82, 2.24) is 10.2 Å². The van der Waals surface area contributed by atoms with Gasteiger partial charge in [-0.15, -0.1) is 0 Å². The van der Waals surface area contributed by atoms with Crippen molar-refractivity contribution in [3.05, 3.63) is 0 Å². The van der Waals surface area contributed by atoms with E-state index in [4.69, 9.17) is 0 Å². The van der Waals surface area contributed by atoms with Gasteiger partial charge in [-0.25, -0.2) is 0 Å². The Hall–Kier alpha value is -0.0800. The van der Waals surface area contributed by atoms with Gasteiger partial charge in [0, 0.05) is 25.2 Å². The highest BCUT2D eigenvalue weighted by molar-refractivity contribution is 4.91. The molecular weight excluding hydrogens is 244 g/mol. The summed E-state index contributed by atoms with van der Waals surface area (Å²) in [6.45, 7) is 21.3. The summed E-state index contributed by atoms with van der Waals surface area (Å²) in [4.78, 5) is 2.72. The molecule has 0 aliphatic carbocycles. The lowest BCUT2D eigenvalue weighted by Gasteiger charge is -2.37. The van der Waals surface area contributed by atoms with Crippen molar-refractivity contribution in [1.29, 1.82) is 0 Å². The molecule has 1 saturated heterocycles. The van der Waals surface area contributed by atoms with Gasteiger partial charge >= 0.3 is 0 Å². The third-order valence-corrected chi connectivity index (χ3v) is 5.52. The SMILES string of the molecule is CCC(C)(CNC(C)(C)C)CN1CCC(CC)(CC)C1. The fourth-order valence-corrected chi connectivity index (χ4v) is 3.30. The second kappa shape index (κ2) is 6.79. The summed E-state index contributed by atoms with van der Waals surface area (Å²) in [5, 5.41) is 3.71. The van der Waals surface area contributed by atoms with Crippen LogP contribution in [0.3, 0.4) is 0 Å². The standard InChI is InChI=1S/C18H38N2/c1-8-17(7,13-19-16(4,5)6)14-20-12-11-18(9-2,10-3)15-20/h19H,8-15H2,1-7H3. The number of likely N-dealkylation sites (tertiary alicyclic amines) is 1. The maximum atomic E-state index is 3.71. The molecular formula is C18H38N2. The molecule has 20 heavy (non-hydrogen) atoms. The third-order valence-electron chi connectivity index (χ3n) is 5.52. The van der Waals surface area contributed by atoms with E-state index in [9.17, 15) is 0 Å². The molecule has 1 heterocycles. The van der Waals surface area contributed by atoms with Crippen molar-refractivity contribution in [2.24, 2.45) is 10.8 Å².